The van der Waals surface area contributed by atoms with Gasteiger partial charge in [-0.15, -0.1) is 12.4 Å². The summed E-state index contributed by atoms with van der Waals surface area (Å²) in [6.07, 6.45) is 7.39. The molecule has 2 aromatic rings. The third-order valence-corrected chi connectivity index (χ3v) is 4.86. The minimum Gasteiger partial charge on any atom is -0.344 e. The molecule has 1 amide bonds. The number of halogens is 1. The van der Waals surface area contributed by atoms with Crippen LogP contribution in [0.15, 0.2) is 78.0 Å². The number of nitrogens with zero attached hydrogens (tertiary/aromatic N) is 1. The molecule has 0 saturated carbocycles. The van der Waals surface area contributed by atoms with Gasteiger partial charge < -0.3 is 16.0 Å². The summed E-state index contributed by atoms with van der Waals surface area (Å²) in [4.78, 5) is 13.7. The second kappa shape index (κ2) is 7.82. The average Bonchev–Trinajstić information content (AvgIpc) is 2.69. The first kappa shape index (κ1) is 19.0. The Morgan fingerprint density at radius 1 is 1.15 bits per heavy atom. The SMILES string of the molecule is CN1C2=CC=CCC2=C(c2ccc(NC(=O)CN)cc2)c2ccccc21.Cl. The van der Waals surface area contributed by atoms with E-state index in [9.17, 15) is 4.79 Å². The summed E-state index contributed by atoms with van der Waals surface area (Å²) < 4.78 is 0. The Balaban J connectivity index is 0.00000210. The largest absolute Gasteiger partial charge is 0.344 e. The van der Waals surface area contributed by atoms with Gasteiger partial charge in [0.15, 0.2) is 0 Å². The summed E-state index contributed by atoms with van der Waals surface area (Å²) in [5.74, 6) is -0.188. The van der Waals surface area contributed by atoms with Gasteiger partial charge in [-0.3, -0.25) is 4.79 Å². The first-order chi connectivity index (χ1) is 12.7. The zero-order valence-electron chi connectivity index (χ0n) is 15.1. The van der Waals surface area contributed by atoms with Crippen LogP contribution in [0.3, 0.4) is 0 Å². The number of nitrogens with two attached hydrogens (primary N) is 1. The number of carbonyl (C=O) groups is 1. The zero-order valence-corrected chi connectivity index (χ0v) is 15.9. The number of anilines is 2. The number of para-hydroxylation sites is 1. The number of fused-ring (bicyclic) bond motifs is 2. The van der Waals surface area contributed by atoms with Crippen LogP contribution in [0.4, 0.5) is 11.4 Å². The molecule has 3 N–H and O–H groups in total. The molecule has 4 nitrogen and oxygen atoms in total. The Morgan fingerprint density at radius 2 is 1.89 bits per heavy atom. The number of allylic oxidation sites excluding steroid dienone is 4. The summed E-state index contributed by atoms with van der Waals surface area (Å²) in [7, 11) is 2.12. The van der Waals surface area contributed by atoms with Crippen LogP contribution in [-0.4, -0.2) is 19.5 Å². The van der Waals surface area contributed by atoms with Gasteiger partial charge in [0, 0.05) is 29.7 Å². The fourth-order valence-electron chi connectivity index (χ4n) is 3.63. The minimum absolute atomic E-state index is 0. The molecule has 1 aliphatic carbocycles. The molecule has 0 bridgehead atoms. The lowest BCUT2D eigenvalue weighted by atomic mass is 9.84. The van der Waals surface area contributed by atoms with E-state index in [-0.39, 0.29) is 24.9 Å². The van der Waals surface area contributed by atoms with E-state index in [0.717, 1.165) is 17.7 Å². The Kier molecular flexibility index (Phi) is 5.49. The van der Waals surface area contributed by atoms with E-state index in [0.29, 0.717) is 0 Å². The van der Waals surface area contributed by atoms with E-state index in [1.165, 1.54) is 28.1 Å². The van der Waals surface area contributed by atoms with E-state index >= 15 is 0 Å². The van der Waals surface area contributed by atoms with Crippen molar-refractivity contribution in [3.63, 3.8) is 0 Å². The highest BCUT2D eigenvalue weighted by Gasteiger charge is 2.27. The summed E-state index contributed by atoms with van der Waals surface area (Å²) in [5, 5.41) is 2.79. The predicted molar refractivity (Wildman–Crippen MR) is 114 cm³/mol. The average molecular weight is 380 g/mol. The Labute approximate surface area is 165 Å². The van der Waals surface area contributed by atoms with E-state index < -0.39 is 0 Å². The molecule has 4 rings (SSSR count). The van der Waals surface area contributed by atoms with Crippen LogP contribution in [0.1, 0.15) is 17.5 Å². The highest BCUT2D eigenvalue weighted by atomic mass is 35.5. The number of benzene rings is 2. The molecule has 0 spiro atoms. The van der Waals surface area contributed by atoms with Crippen molar-refractivity contribution in [1.82, 2.24) is 0 Å². The molecule has 0 atom stereocenters. The maximum Gasteiger partial charge on any atom is 0.238 e. The molecule has 0 fully saturated rings. The van der Waals surface area contributed by atoms with Crippen LogP contribution in [0.2, 0.25) is 0 Å². The van der Waals surface area contributed by atoms with Gasteiger partial charge >= 0.3 is 0 Å². The summed E-state index contributed by atoms with van der Waals surface area (Å²) >= 11 is 0. The standard InChI is InChI=1S/C22H21N3O.ClH/c1-25-19-8-4-2-6-17(19)22(18-7-3-5-9-20(18)25)15-10-12-16(13-11-15)24-21(26)14-23;/h2-6,8-13H,7,14,23H2,1H3,(H,24,26);1H. The number of amides is 1. The summed E-state index contributed by atoms with van der Waals surface area (Å²) in [5.41, 5.74) is 13.5. The summed E-state index contributed by atoms with van der Waals surface area (Å²) in [6.45, 7) is -0.0166. The molecular weight excluding hydrogens is 358 g/mol. The molecule has 2 aromatic carbocycles. The monoisotopic (exact) mass is 379 g/mol. The van der Waals surface area contributed by atoms with Crippen molar-refractivity contribution in [1.29, 1.82) is 0 Å². The first-order valence-corrected chi connectivity index (χ1v) is 8.73. The Hall–Kier alpha value is -2.82. The van der Waals surface area contributed by atoms with Crippen molar-refractivity contribution in [3.05, 3.63) is 89.2 Å². The van der Waals surface area contributed by atoms with E-state index in [4.69, 9.17) is 5.73 Å². The van der Waals surface area contributed by atoms with Gasteiger partial charge in [0.2, 0.25) is 5.91 Å². The molecule has 5 heteroatoms. The molecule has 2 aliphatic rings. The van der Waals surface area contributed by atoms with E-state index in [1.54, 1.807) is 0 Å². The van der Waals surface area contributed by atoms with Crippen LogP contribution in [0.25, 0.3) is 5.57 Å². The maximum absolute atomic E-state index is 11.5. The zero-order chi connectivity index (χ0) is 18.1. The number of likely N-dealkylation sites (N-methyl/N-ethyl adjacent to an activating group) is 1. The third kappa shape index (κ3) is 3.42. The molecule has 1 aliphatic heterocycles. The van der Waals surface area contributed by atoms with Crippen molar-refractivity contribution in [2.45, 2.75) is 6.42 Å². The molecule has 138 valence electrons. The van der Waals surface area contributed by atoms with E-state index in [2.05, 4.69) is 71.9 Å². The predicted octanol–water partition coefficient (Wildman–Crippen LogP) is 4.10. The third-order valence-electron chi connectivity index (χ3n) is 4.86. The molecular formula is C22H22ClN3O. The van der Waals surface area contributed by atoms with Gasteiger partial charge in [0.25, 0.3) is 0 Å². The van der Waals surface area contributed by atoms with Crippen LogP contribution in [0, 0.1) is 0 Å². The Morgan fingerprint density at radius 3 is 2.63 bits per heavy atom. The minimum atomic E-state index is -0.188. The fourth-order valence-corrected chi connectivity index (χ4v) is 3.63. The lowest BCUT2D eigenvalue weighted by molar-refractivity contribution is -0.114. The molecule has 1 heterocycles. The molecule has 0 saturated heterocycles. The topological polar surface area (TPSA) is 58.4 Å². The van der Waals surface area contributed by atoms with Crippen molar-refractivity contribution < 1.29 is 4.79 Å². The lowest BCUT2D eigenvalue weighted by Gasteiger charge is -2.35. The first-order valence-electron chi connectivity index (χ1n) is 8.73. The molecule has 0 aromatic heterocycles. The summed E-state index contributed by atoms with van der Waals surface area (Å²) in [6, 6.07) is 16.5. The van der Waals surface area contributed by atoms with Gasteiger partial charge in [0.1, 0.15) is 0 Å². The number of carbonyl (C=O) groups excluding carboxylic acids is 1. The highest BCUT2D eigenvalue weighted by Crippen LogP contribution is 2.44. The molecule has 27 heavy (non-hydrogen) atoms. The number of hydrogen-bond acceptors (Lipinski definition) is 3. The van der Waals surface area contributed by atoms with Gasteiger partial charge in [-0.05, 0) is 47.4 Å². The van der Waals surface area contributed by atoms with Gasteiger partial charge in [-0.1, -0.05) is 42.5 Å². The van der Waals surface area contributed by atoms with E-state index in [1.807, 2.05) is 12.1 Å². The van der Waals surface area contributed by atoms with Gasteiger partial charge in [0.05, 0.1) is 6.54 Å². The van der Waals surface area contributed by atoms with Crippen molar-refractivity contribution in [2.75, 3.05) is 23.8 Å². The van der Waals surface area contributed by atoms with Crippen LogP contribution in [-0.2, 0) is 4.79 Å². The van der Waals surface area contributed by atoms with Crippen LogP contribution < -0.4 is 16.0 Å². The van der Waals surface area contributed by atoms with Crippen molar-refractivity contribution >= 4 is 35.3 Å². The highest BCUT2D eigenvalue weighted by molar-refractivity contribution is 5.96. The quantitative estimate of drug-likeness (QED) is 0.844. The van der Waals surface area contributed by atoms with Crippen LogP contribution >= 0.6 is 12.4 Å². The number of hydrogen-bond donors (Lipinski definition) is 2. The van der Waals surface area contributed by atoms with Gasteiger partial charge in [-0.2, -0.15) is 0 Å². The fraction of sp³-hybridized carbons (Fsp3) is 0.136. The second-order valence-corrected chi connectivity index (χ2v) is 6.44. The van der Waals surface area contributed by atoms with Crippen LogP contribution in [0.5, 0.6) is 0 Å². The van der Waals surface area contributed by atoms with Crippen molar-refractivity contribution in [2.24, 2.45) is 5.73 Å². The molecule has 0 unspecified atom stereocenters. The second-order valence-electron chi connectivity index (χ2n) is 6.44. The smallest absolute Gasteiger partial charge is 0.238 e. The maximum atomic E-state index is 11.5. The Bertz CT molecular complexity index is 958. The lowest BCUT2D eigenvalue weighted by Crippen LogP contribution is -2.25. The number of rotatable bonds is 3. The number of nitrogens with one attached hydrogen (secondary N) is 1. The molecule has 0 radical (unpaired) electrons. The normalized spacial score (nSPS) is 14.7. The van der Waals surface area contributed by atoms with Gasteiger partial charge in [-0.25, -0.2) is 0 Å². The van der Waals surface area contributed by atoms with Crippen molar-refractivity contribution in [3.8, 4) is 0 Å².